The highest BCUT2D eigenvalue weighted by Crippen LogP contribution is 2.12. The first-order chi connectivity index (χ1) is 8.97. The zero-order chi connectivity index (χ0) is 14.3. The molecule has 0 bridgehead atoms. The molecule has 108 valence electrons. The molecule has 0 spiro atoms. The molecule has 8 heteroatoms. The van der Waals surface area contributed by atoms with Crippen LogP contribution >= 0.6 is 0 Å². The zero-order valence-corrected chi connectivity index (χ0v) is 10.8. The summed E-state index contributed by atoms with van der Waals surface area (Å²) < 4.78 is 4.55. The van der Waals surface area contributed by atoms with Gasteiger partial charge in [0.25, 0.3) is 5.91 Å². The molecule has 0 aromatic carbocycles. The van der Waals surface area contributed by atoms with Crippen LogP contribution in [0.1, 0.15) is 6.42 Å². The molecular weight excluding hydrogens is 254 g/mol. The number of ether oxygens (including phenoxy) is 1. The number of likely N-dealkylation sites (tertiary alicyclic amines) is 1. The third-order valence-electron chi connectivity index (χ3n) is 2.75. The normalized spacial score (nSPS) is 19.1. The first-order valence-corrected chi connectivity index (χ1v) is 6.03. The lowest BCUT2D eigenvalue weighted by Crippen LogP contribution is -2.43. The predicted octanol–water partition coefficient (Wildman–Crippen LogP) is -1.13. The summed E-state index contributed by atoms with van der Waals surface area (Å²) in [5, 5.41) is 13.0. The first-order valence-electron chi connectivity index (χ1n) is 6.03. The van der Waals surface area contributed by atoms with Crippen LogP contribution in [-0.4, -0.2) is 67.8 Å². The van der Waals surface area contributed by atoms with Crippen LogP contribution < -0.4 is 10.6 Å². The van der Waals surface area contributed by atoms with Crippen LogP contribution in [0.15, 0.2) is 0 Å². The average molecular weight is 273 g/mol. The summed E-state index contributed by atoms with van der Waals surface area (Å²) >= 11 is 0. The van der Waals surface area contributed by atoms with E-state index in [4.69, 9.17) is 5.11 Å². The molecule has 1 saturated heterocycles. The number of hydrogen-bond acceptors (Lipinski definition) is 5. The smallest absolute Gasteiger partial charge is 0.329 e. The van der Waals surface area contributed by atoms with Gasteiger partial charge in [0.1, 0.15) is 13.2 Å². The van der Waals surface area contributed by atoms with Gasteiger partial charge in [-0.1, -0.05) is 0 Å². The molecule has 3 amide bonds. The summed E-state index contributed by atoms with van der Waals surface area (Å²) in [6.07, 6.45) is 1.02. The van der Waals surface area contributed by atoms with Crippen molar-refractivity contribution in [2.24, 2.45) is 5.92 Å². The van der Waals surface area contributed by atoms with Gasteiger partial charge in [-0.05, 0) is 25.9 Å². The molecule has 1 aliphatic heterocycles. The largest absolute Gasteiger partial charge is 0.480 e. The number of aliphatic carboxylic acids is 1. The van der Waals surface area contributed by atoms with Crippen molar-refractivity contribution in [3.8, 4) is 0 Å². The van der Waals surface area contributed by atoms with E-state index in [1.54, 1.807) is 0 Å². The number of urea groups is 1. The van der Waals surface area contributed by atoms with Crippen LogP contribution in [0.2, 0.25) is 0 Å². The Hall–Kier alpha value is -1.67. The summed E-state index contributed by atoms with van der Waals surface area (Å²) in [5.41, 5.74) is 0. The van der Waals surface area contributed by atoms with Crippen molar-refractivity contribution in [1.29, 1.82) is 0 Å². The number of hydrogen-bond donors (Lipinski definition) is 3. The van der Waals surface area contributed by atoms with E-state index in [0.29, 0.717) is 12.5 Å². The van der Waals surface area contributed by atoms with Crippen LogP contribution in [0.25, 0.3) is 0 Å². The number of carboxylic acids is 1. The standard InChI is InChI=1S/C11H19N3O5/c1-14-3-2-8(5-14)4-12-11(18)13-9(15)6-19-7-10(16)17/h8H,2-7H2,1H3,(H,16,17)(H2,12,13,15,18). The number of carboxylic acid groups (broad SMARTS) is 1. The van der Waals surface area contributed by atoms with Crippen LogP contribution in [0, 0.1) is 5.92 Å². The van der Waals surface area contributed by atoms with Crippen molar-refractivity contribution < 1.29 is 24.2 Å². The highest BCUT2D eigenvalue weighted by molar-refractivity contribution is 5.94. The number of nitrogens with zero attached hydrogens (tertiary/aromatic N) is 1. The molecule has 1 fully saturated rings. The highest BCUT2D eigenvalue weighted by Gasteiger charge is 2.20. The quantitative estimate of drug-likeness (QED) is 0.565. The predicted molar refractivity (Wildman–Crippen MR) is 65.6 cm³/mol. The van der Waals surface area contributed by atoms with Gasteiger partial charge >= 0.3 is 12.0 Å². The van der Waals surface area contributed by atoms with Gasteiger partial charge in [-0.3, -0.25) is 10.1 Å². The minimum Gasteiger partial charge on any atom is -0.480 e. The van der Waals surface area contributed by atoms with Crippen LogP contribution in [0.5, 0.6) is 0 Å². The Labute approximate surface area is 111 Å². The lowest BCUT2D eigenvalue weighted by Gasteiger charge is -2.12. The van der Waals surface area contributed by atoms with Crippen molar-refractivity contribution >= 4 is 17.9 Å². The molecule has 0 saturated carbocycles. The Bertz CT molecular complexity index is 347. The molecule has 0 radical (unpaired) electrons. The number of imide groups is 1. The van der Waals surface area contributed by atoms with Crippen molar-refractivity contribution in [1.82, 2.24) is 15.5 Å². The number of carbonyl (C=O) groups excluding carboxylic acids is 2. The molecule has 8 nitrogen and oxygen atoms in total. The van der Waals surface area contributed by atoms with Gasteiger partial charge in [-0.15, -0.1) is 0 Å². The lowest BCUT2D eigenvalue weighted by molar-refractivity contribution is -0.143. The first kappa shape index (κ1) is 15.4. The molecule has 1 rings (SSSR count). The number of nitrogens with one attached hydrogen (secondary N) is 2. The minimum absolute atomic E-state index is 0.397. The molecule has 0 aromatic heterocycles. The topological polar surface area (TPSA) is 108 Å². The monoisotopic (exact) mass is 273 g/mol. The zero-order valence-electron chi connectivity index (χ0n) is 10.8. The number of rotatable bonds is 6. The van der Waals surface area contributed by atoms with E-state index < -0.39 is 31.1 Å². The molecule has 3 N–H and O–H groups in total. The third kappa shape index (κ3) is 6.73. The minimum atomic E-state index is -1.16. The fourth-order valence-electron chi connectivity index (χ4n) is 1.87. The SMILES string of the molecule is CN1CCC(CNC(=O)NC(=O)COCC(=O)O)C1. The van der Waals surface area contributed by atoms with Gasteiger partial charge in [0, 0.05) is 13.1 Å². The molecule has 1 heterocycles. The van der Waals surface area contributed by atoms with E-state index in [2.05, 4.69) is 20.3 Å². The van der Waals surface area contributed by atoms with Crippen LogP contribution in [0.4, 0.5) is 4.79 Å². The average Bonchev–Trinajstić information content (AvgIpc) is 2.72. The van der Waals surface area contributed by atoms with Gasteiger partial charge in [0.2, 0.25) is 0 Å². The maximum Gasteiger partial charge on any atom is 0.329 e. The summed E-state index contributed by atoms with van der Waals surface area (Å²) in [6, 6.07) is -0.585. The molecule has 0 aliphatic carbocycles. The second-order valence-electron chi connectivity index (χ2n) is 4.56. The van der Waals surface area contributed by atoms with Gasteiger partial charge in [-0.2, -0.15) is 0 Å². The fraction of sp³-hybridized carbons (Fsp3) is 0.727. The summed E-state index contributed by atoms with van der Waals surface area (Å²) in [4.78, 5) is 34.9. The Balaban J connectivity index is 2.09. The van der Waals surface area contributed by atoms with E-state index in [0.717, 1.165) is 19.5 Å². The Morgan fingerprint density at radius 1 is 1.37 bits per heavy atom. The van der Waals surface area contributed by atoms with Crippen molar-refractivity contribution in [2.75, 3.05) is 39.9 Å². The van der Waals surface area contributed by atoms with Gasteiger partial charge < -0.3 is 20.1 Å². The molecule has 1 aliphatic rings. The lowest BCUT2D eigenvalue weighted by atomic mass is 10.1. The van der Waals surface area contributed by atoms with Crippen LogP contribution in [-0.2, 0) is 14.3 Å². The van der Waals surface area contributed by atoms with E-state index in [1.807, 2.05) is 7.05 Å². The molecule has 0 aromatic rings. The number of carbonyl (C=O) groups is 3. The van der Waals surface area contributed by atoms with E-state index in [9.17, 15) is 14.4 Å². The van der Waals surface area contributed by atoms with Gasteiger partial charge in [-0.25, -0.2) is 9.59 Å². The van der Waals surface area contributed by atoms with Gasteiger partial charge in [0.15, 0.2) is 0 Å². The fourth-order valence-corrected chi connectivity index (χ4v) is 1.87. The molecule has 1 atom stereocenters. The second-order valence-corrected chi connectivity index (χ2v) is 4.56. The van der Waals surface area contributed by atoms with E-state index >= 15 is 0 Å². The Morgan fingerprint density at radius 3 is 2.68 bits per heavy atom. The Morgan fingerprint density at radius 2 is 2.11 bits per heavy atom. The second kappa shape index (κ2) is 7.70. The number of amides is 3. The maximum atomic E-state index is 11.4. The molecule has 19 heavy (non-hydrogen) atoms. The summed E-state index contributed by atoms with van der Waals surface area (Å²) in [6.45, 7) is 1.43. The summed E-state index contributed by atoms with van der Waals surface area (Å²) in [7, 11) is 2.02. The maximum absolute atomic E-state index is 11.4. The highest BCUT2D eigenvalue weighted by atomic mass is 16.5. The third-order valence-corrected chi connectivity index (χ3v) is 2.75. The van der Waals surface area contributed by atoms with Crippen LogP contribution in [0.3, 0.4) is 0 Å². The molecular formula is C11H19N3O5. The Kier molecular flexibility index (Phi) is 6.23. The summed E-state index contributed by atoms with van der Waals surface area (Å²) in [5.74, 6) is -1.43. The molecule has 1 unspecified atom stereocenters. The van der Waals surface area contributed by atoms with Crippen molar-refractivity contribution in [3.05, 3.63) is 0 Å². The van der Waals surface area contributed by atoms with E-state index in [1.165, 1.54) is 0 Å². The van der Waals surface area contributed by atoms with Crippen molar-refractivity contribution in [3.63, 3.8) is 0 Å². The van der Waals surface area contributed by atoms with E-state index in [-0.39, 0.29) is 0 Å². The van der Waals surface area contributed by atoms with Gasteiger partial charge in [0.05, 0.1) is 0 Å². The van der Waals surface area contributed by atoms with Crippen molar-refractivity contribution in [2.45, 2.75) is 6.42 Å².